The third-order valence-electron chi connectivity index (χ3n) is 1.65. The molecule has 0 N–H and O–H groups in total. The first-order valence-corrected chi connectivity index (χ1v) is 3.46. The highest BCUT2D eigenvalue weighted by atomic mass is 19.1. The highest BCUT2D eigenvalue weighted by Gasteiger charge is 1.97. The van der Waals surface area contributed by atoms with E-state index in [9.17, 15) is 8.78 Å². The molecule has 12 heavy (non-hydrogen) atoms. The van der Waals surface area contributed by atoms with Gasteiger partial charge in [0.1, 0.15) is 5.82 Å². The van der Waals surface area contributed by atoms with E-state index in [0.717, 1.165) is 0 Å². The van der Waals surface area contributed by atoms with Crippen LogP contribution >= 0.6 is 0 Å². The SMILES string of the molecule is Fc1ccc2cc(F)ncc2c1. The van der Waals surface area contributed by atoms with Crippen molar-refractivity contribution in [1.29, 1.82) is 0 Å². The molecule has 2 rings (SSSR count). The molecule has 0 saturated heterocycles. The number of pyridine rings is 1. The summed E-state index contributed by atoms with van der Waals surface area (Å²) in [7, 11) is 0. The molecule has 0 bridgehead atoms. The lowest BCUT2D eigenvalue weighted by atomic mass is 10.2. The first-order valence-electron chi connectivity index (χ1n) is 3.46. The van der Waals surface area contributed by atoms with E-state index in [4.69, 9.17) is 0 Å². The zero-order valence-corrected chi connectivity index (χ0v) is 6.09. The fourth-order valence-corrected chi connectivity index (χ4v) is 1.09. The number of halogens is 2. The second-order valence-electron chi connectivity index (χ2n) is 2.50. The molecule has 0 radical (unpaired) electrons. The predicted octanol–water partition coefficient (Wildman–Crippen LogP) is 2.51. The lowest BCUT2D eigenvalue weighted by molar-refractivity contribution is 0.586. The predicted molar refractivity (Wildman–Crippen MR) is 41.7 cm³/mol. The van der Waals surface area contributed by atoms with Gasteiger partial charge in [0.2, 0.25) is 5.95 Å². The minimum Gasteiger partial charge on any atom is -0.228 e. The van der Waals surface area contributed by atoms with Crippen LogP contribution in [0.3, 0.4) is 0 Å². The van der Waals surface area contributed by atoms with Crippen molar-refractivity contribution in [1.82, 2.24) is 4.98 Å². The maximum atomic E-state index is 12.6. The van der Waals surface area contributed by atoms with Crippen LogP contribution in [0.1, 0.15) is 0 Å². The molecule has 0 fully saturated rings. The van der Waals surface area contributed by atoms with Gasteiger partial charge in [0.05, 0.1) is 0 Å². The average molecular weight is 165 g/mol. The maximum Gasteiger partial charge on any atom is 0.213 e. The molecule has 0 aliphatic heterocycles. The molecule has 1 aromatic carbocycles. The van der Waals surface area contributed by atoms with Gasteiger partial charge in [-0.1, -0.05) is 6.07 Å². The van der Waals surface area contributed by atoms with Gasteiger partial charge >= 0.3 is 0 Å². The monoisotopic (exact) mass is 165 g/mol. The molecule has 60 valence electrons. The van der Waals surface area contributed by atoms with Crippen molar-refractivity contribution < 1.29 is 8.78 Å². The van der Waals surface area contributed by atoms with Crippen LogP contribution in [0.5, 0.6) is 0 Å². The van der Waals surface area contributed by atoms with E-state index in [-0.39, 0.29) is 5.82 Å². The summed E-state index contributed by atoms with van der Waals surface area (Å²) >= 11 is 0. The van der Waals surface area contributed by atoms with Gasteiger partial charge in [0, 0.05) is 17.6 Å². The fourth-order valence-electron chi connectivity index (χ4n) is 1.09. The normalized spacial score (nSPS) is 10.5. The zero-order chi connectivity index (χ0) is 8.55. The lowest BCUT2D eigenvalue weighted by Gasteiger charge is -1.95. The summed E-state index contributed by atoms with van der Waals surface area (Å²) < 4.78 is 25.1. The number of nitrogens with zero attached hydrogens (tertiary/aromatic N) is 1. The first-order chi connectivity index (χ1) is 5.75. The van der Waals surface area contributed by atoms with E-state index in [2.05, 4.69) is 4.98 Å². The topological polar surface area (TPSA) is 12.9 Å². The van der Waals surface area contributed by atoms with E-state index in [1.807, 2.05) is 0 Å². The smallest absolute Gasteiger partial charge is 0.213 e. The van der Waals surface area contributed by atoms with Crippen LogP contribution < -0.4 is 0 Å². The third-order valence-corrected chi connectivity index (χ3v) is 1.65. The highest BCUT2D eigenvalue weighted by molar-refractivity contribution is 5.81. The van der Waals surface area contributed by atoms with Crippen LogP contribution in [0.2, 0.25) is 0 Å². The summed E-state index contributed by atoms with van der Waals surface area (Å²) in [4.78, 5) is 3.42. The zero-order valence-electron chi connectivity index (χ0n) is 6.09. The Hall–Kier alpha value is -1.51. The Kier molecular flexibility index (Phi) is 1.50. The van der Waals surface area contributed by atoms with Crippen LogP contribution in [0.15, 0.2) is 30.5 Å². The highest BCUT2D eigenvalue weighted by Crippen LogP contribution is 2.14. The Morgan fingerprint density at radius 1 is 1.00 bits per heavy atom. The van der Waals surface area contributed by atoms with Gasteiger partial charge in [-0.05, 0) is 17.5 Å². The minimum absolute atomic E-state index is 0.337. The minimum atomic E-state index is -0.547. The molecule has 0 unspecified atom stereocenters. The number of fused-ring (bicyclic) bond motifs is 1. The largest absolute Gasteiger partial charge is 0.228 e. The molecule has 3 heteroatoms. The summed E-state index contributed by atoms with van der Waals surface area (Å²) in [6.07, 6.45) is 1.31. The molecule has 1 heterocycles. The number of hydrogen-bond acceptors (Lipinski definition) is 1. The van der Waals surface area contributed by atoms with Gasteiger partial charge < -0.3 is 0 Å². The number of hydrogen-bond donors (Lipinski definition) is 0. The van der Waals surface area contributed by atoms with Crippen LogP contribution in [-0.4, -0.2) is 4.98 Å². The van der Waals surface area contributed by atoms with Gasteiger partial charge in [-0.3, -0.25) is 0 Å². The Balaban J connectivity index is 2.79. The second-order valence-corrected chi connectivity index (χ2v) is 2.50. The van der Waals surface area contributed by atoms with Gasteiger partial charge in [0.15, 0.2) is 0 Å². The first kappa shape index (κ1) is 7.16. The summed E-state index contributed by atoms with van der Waals surface area (Å²) in [6.45, 7) is 0. The Morgan fingerprint density at radius 3 is 2.67 bits per heavy atom. The van der Waals surface area contributed by atoms with E-state index >= 15 is 0 Å². The Labute approximate surface area is 67.7 Å². The fraction of sp³-hybridized carbons (Fsp3) is 0. The van der Waals surface area contributed by atoms with E-state index in [1.165, 1.54) is 30.5 Å². The van der Waals surface area contributed by atoms with E-state index < -0.39 is 5.95 Å². The molecule has 0 spiro atoms. The Morgan fingerprint density at radius 2 is 1.83 bits per heavy atom. The van der Waals surface area contributed by atoms with Crippen molar-refractivity contribution >= 4 is 10.8 Å². The Bertz CT molecular complexity index is 385. The van der Waals surface area contributed by atoms with Crippen LogP contribution in [0.25, 0.3) is 10.8 Å². The molecule has 1 nitrogen and oxygen atoms in total. The van der Waals surface area contributed by atoms with E-state index in [1.54, 1.807) is 0 Å². The molecule has 0 amide bonds. The van der Waals surface area contributed by atoms with Crippen molar-refractivity contribution in [2.75, 3.05) is 0 Å². The number of benzene rings is 1. The third kappa shape index (κ3) is 1.13. The number of aromatic nitrogens is 1. The molecular formula is C9H5F2N. The average Bonchev–Trinajstić information content (AvgIpc) is 2.05. The van der Waals surface area contributed by atoms with Gasteiger partial charge in [-0.15, -0.1) is 0 Å². The van der Waals surface area contributed by atoms with E-state index in [0.29, 0.717) is 10.8 Å². The van der Waals surface area contributed by atoms with Crippen LogP contribution in [0.4, 0.5) is 8.78 Å². The molecule has 0 aliphatic rings. The van der Waals surface area contributed by atoms with Crippen LogP contribution in [0, 0.1) is 11.8 Å². The molecule has 1 aromatic heterocycles. The summed E-state index contributed by atoms with van der Waals surface area (Å²) in [5, 5.41) is 1.26. The lowest BCUT2D eigenvalue weighted by Crippen LogP contribution is -1.82. The molecule has 2 aromatic rings. The van der Waals surface area contributed by atoms with Gasteiger partial charge in [-0.2, -0.15) is 4.39 Å². The van der Waals surface area contributed by atoms with Crippen molar-refractivity contribution in [2.45, 2.75) is 0 Å². The van der Waals surface area contributed by atoms with Crippen molar-refractivity contribution in [3.8, 4) is 0 Å². The van der Waals surface area contributed by atoms with Gasteiger partial charge in [0.25, 0.3) is 0 Å². The summed E-state index contributed by atoms with van der Waals surface area (Å²) in [5.41, 5.74) is 0. The second kappa shape index (κ2) is 2.52. The van der Waals surface area contributed by atoms with Crippen molar-refractivity contribution in [3.63, 3.8) is 0 Å². The summed E-state index contributed by atoms with van der Waals surface area (Å²) in [5.74, 6) is -0.884. The maximum absolute atomic E-state index is 12.6. The van der Waals surface area contributed by atoms with Crippen molar-refractivity contribution in [3.05, 3.63) is 42.2 Å². The molecule has 0 aliphatic carbocycles. The standard InChI is InChI=1S/C9H5F2N/c10-8-2-1-6-4-9(11)12-5-7(6)3-8/h1-5H. The molecule has 0 saturated carbocycles. The van der Waals surface area contributed by atoms with Crippen LogP contribution in [-0.2, 0) is 0 Å². The van der Waals surface area contributed by atoms with Crippen molar-refractivity contribution in [2.24, 2.45) is 0 Å². The summed E-state index contributed by atoms with van der Waals surface area (Å²) in [6, 6.07) is 5.41. The quantitative estimate of drug-likeness (QED) is 0.546. The molecule has 0 atom stereocenters. The number of rotatable bonds is 0. The molecular weight excluding hydrogens is 160 g/mol. The van der Waals surface area contributed by atoms with Gasteiger partial charge in [-0.25, -0.2) is 9.37 Å².